The van der Waals surface area contributed by atoms with E-state index in [1.54, 1.807) is 0 Å². The van der Waals surface area contributed by atoms with E-state index in [9.17, 15) is 9.59 Å². The summed E-state index contributed by atoms with van der Waals surface area (Å²) in [7, 11) is 0. The van der Waals surface area contributed by atoms with Gasteiger partial charge in [-0.2, -0.15) is 0 Å². The molecule has 0 saturated carbocycles. The highest BCUT2D eigenvalue weighted by atomic mass is 32.1. The topological polar surface area (TPSA) is 56.4 Å². The van der Waals surface area contributed by atoms with E-state index in [1.807, 2.05) is 26.8 Å². The number of benzene rings is 1. The molecule has 4 rings (SSSR count). The first-order valence-corrected chi connectivity index (χ1v) is 16.7. The smallest absolute Gasteiger partial charge is 0.233 e. The summed E-state index contributed by atoms with van der Waals surface area (Å²) >= 11 is 4.96. The van der Waals surface area contributed by atoms with Gasteiger partial charge in [0.1, 0.15) is 0 Å². The molecule has 1 amide bonds. The van der Waals surface area contributed by atoms with E-state index in [0.29, 0.717) is 23.4 Å². The van der Waals surface area contributed by atoms with E-state index in [-0.39, 0.29) is 11.7 Å². The summed E-state index contributed by atoms with van der Waals surface area (Å²) in [6, 6.07) is 7.19. The molecule has 2 aromatic rings. The summed E-state index contributed by atoms with van der Waals surface area (Å²) in [6.07, 6.45) is 11.1. The number of nitrogens with one attached hydrogen (secondary N) is 1. The van der Waals surface area contributed by atoms with Gasteiger partial charge in [-0.3, -0.25) is 9.59 Å². The lowest BCUT2D eigenvalue weighted by atomic mass is 9.88. The predicted octanol–water partition coefficient (Wildman–Crippen LogP) is 8.53. The van der Waals surface area contributed by atoms with Gasteiger partial charge in [0, 0.05) is 29.8 Å². The number of hydrogen-bond donors (Lipinski definition) is 2. The van der Waals surface area contributed by atoms with Crippen LogP contribution in [0.25, 0.3) is 17.3 Å². The number of aromatic amines is 1. The maximum atomic E-state index is 14.0. The molecule has 0 aliphatic carbocycles. The number of thiol groups is 1. The van der Waals surface area contributed by atoms with Crippen LogP contribution in [0, 0.1) is 26.2 Å². The Hall–Kier alpha value is -2.31. The van der Waals surface area contributed by atoms with E-state index in [0.717, 1.165) is 99.1 Å². The average Bonchev–Trinajstić information content (AvgIpc) is 3.63. The van der Waals surface area contributed by atoms with Gasteiger partial charge in [-0.05, 0) is 134 Å². The monoisotopic (exact) mass is 591 g/mol. The summed E-state index contributed by atoms with van der Waals surface area (Å²) in [5.41, 5.74) is 6.00. The number of carbonyl (C=O) groups is 2. The first kappa shape index (κ1) is 32.6. The third kappa shape index (κ3) is 7.07. The van der Waals surface area contributed by atoms with Crippen LogP contribution < -0.4 is 0 Å². The van der Waals surface area contributed by atoms with Crippen molar-refractivity contribution in [2.45, 2.75) is 118 Å². The van der Waals surface area contributed by atoms with Crippen LogP contribution >= 0.6 is 12.6 Å². The fourth-order valence-electron chi connectivity index (χ4n) is 7.15. The highest BCUT2D eigenvalue weighted by Gasteiger charge is 2.47. The first-order valence-electron chi connectivity index (χ1n) is 16.3. The van der Waals surface area contributed by atoms with Crippen molar-refractivity contribution in [1.29, 1.82) is 0 Å². The number of unbranched alkanes of at least 4 members (excludes halogenated alkanes) is 1. The molecule has 2 aliphatic heterocycles. The molecule has 1 aromatic heterocycles. The molecule has 2 bridgehead atoms. The quantitative estimate of drug-likeness (QED) is 0.132. The SMILES string of the molecule is CCCN(CCC)CCCCC(=O)c1c(-c2cc(C)cc(C)c2)[nH]c(C)c1/C=C(\S)C(C)(C)C(=O)N1C2CCC1CC2. The molecule has 42 heavy (non-hydrogen) atoms. The number of rotatable bonds is 14. The Bertz CT molecular complexity index is 1260. The number of H-pyrrole nitrogens is 1. The van der Waals surface area contributed by atoms with E-state index in [4.69, 9.17) is 12.6 Å². The summed E-state index contributed by atoms with van der Waals surface area (Å²) < 4.78 is 0. The predicted molar refractivity (Wildman–Crippen MR) is 179 cm³/mol. The molecule has 0 spiro atoms. The number of hydrogen-bond acceptors (Lipinski definition) is 4. The Morgan fingerprint density at radius 2 is 1.52 bits per heavy atom. The van der Waals surface area contributed by atoms with E-state index in [2.05, 4.69) is 60.7 Å². The van der Waals surface area contributed by atoms with Crippen LogP contribution in [0.1, 0.15) is 118 Å². The molecule has 0 radical (unpaired) electrons. The Morgan fingerprint density at radius 3 is 2.07 bits per heavy atom. The second-order valence-electron chi connectivity index (χ2n) is 13.3. The van der Waals surface area contributed by atoms with Crippen LogP contribution in [-0.4, -0.2) is 58.2 Å². The minimum absolute atomic E-state index is 0.153. The largest absolute Gasteiger partial charge is 0.358 e. The molecule has 3 heterocycles. The molecule has 1 N–H and O–H groups in total. The van der Waals surface area contributed by atoms with Gasteiger partial charge in [0.15, 0.2) is 5.78 Å². The van der Waals surface area contributed by atoms with Gasteiger partial charge in [-0.15, -0.1) is 12.6 Å². The first-order chi connectivity index (χ1) is 20.0. The summed E-state index contributed by atoms with van der Waals surface area (Å²) in [4.78, 5) is 36.8. The number of ketones is 1. The number of fused-ring (bicyclic) bond motifs is 2. The number of Topliss-reactive ketones (excluding diaryl/α,β-unsaturated/α-hetero) is 1. The van der Waals surface area contributed by atoms with E-state index < -0.39 is 5.41 Å². The highest BCUT2D eigenvalue weighted by molar-refractivity contribution is 7.84. The molecule has 5 nitrogen and oxygen atoms in total. The third-order valence-electron chi connectivity index (χ3n) is 9.38. The van der Waals surface area contributed by atoms with Crippen LogP contribution in [0.2, 0.25) is 0 Å². The maximum Gasteiger partial charge on any atom is 0.233 e. The Kier molecular flexibility index (Phi) is 10.9. The van der Waals surface area contributed by atoms with Crippen molar-refractivity contribution in [3.63, 3.8) is 0 Å². The Labute approximate surface area is 259 Å². The van der Waals surface area contributed by atoms with Crippen molar-refractivity contribution in [1.82, 2.24) is 14.8 Å². The van der Waals surface area contributed by atoms with Crippen molar-refractivity contribution in [3.05, 3.63) is 51.1 Å². The third-order valence-corrected chi connectivity index (χ3v) is 10.1. The Balaban J connectivity index is 1.64. The summed E-state index contributed by atoms with van der Waals surface area (Å²) in [6.45, 7) is 17.9. The zero-order valence-electron chi connectivity index (χ0n) is 27.1. The number of nitrogens with zero attached hydrogens (tertiary/aromatic N) is 2. The van der Waals surface area contributed by atoms with Crippen LogP contribution in [0.15, 0.2) is 23.1 Å². The van der Waals surface area contributed by atoms with E-state index >= 15 is 0 Å². The van der Waals surface area contributed by atoms with Crippen LogP contribution in [-0.2, 0) is 4.79 Å². The lowest BCUT2D eigenvalue weighted by molar-refractivity contribution is -0.139. The lowest BCUT2D eigenvalue weighted by Gasteiger charge is -2.32. The van der Waals surface area contributed by atoms with Crippen molar-refractivity contribution in [2.24, 2.45) is 5.41 Å². The Morgan fingerprint density at radius 1 is 0.952 bits per heavy atom. The fourth-order valence-corrected chi connectivity index (χ4v) is 7.38. The number of aromatic nitrogens is 1. The second-order valence-corrected chi connectivity index (χ2v) is 13.8. The lowest BCUT2D eigenvalue weighted by Crippen LogP contribution is -2.44. The van der Waals surface area contributed by atoms with Crippen LogP contribution in [0.3, 0.4) is 0 Å². The molecule has 6 heteroatoms. The van der Waals surface area contributed by atoms with Gasteiger partial charge >= 0.3 is 0 Å². The van der Waals surface area contributed by atoms with Gasteiger partial charge in [-0.25, -0.2) is 0 Å². The molecule has 1 aromatic carbocycles. The number of amides is 1. The molecule has 2 saturated heterocycles. The summed E-state index contributed by atoms with van der Waals surface area (Å²) in [5.74, 6) is 0.313. The minimum atomic E-state index is -0.763. The van der Waals surface area contributed by atoms with Crippen molar-refractivity contribution >= 4 is 30.4 Å². The van der Waals surface area contributed by atoms with Gasteiger partial charge in [0.2, 0.25) is 5.91 Å². The summed E-state index contributed by atoms with van der Waals surface area (Å²) in [5, 5.41) is 0. The maximum absolute atomic E-state index is 14.0. The highest BCUT2D eigenvalue weighted by Crippen LogP contribution is 2.43. The van der Waals surface area contributed by atoms with Crippen molar-refractivity contribution < 1.29 is 9.59 Å². The van der Waals surface area contributed by atoms with Gasteiger partial charge < -0.3 is 14.8 Å². The normalized spacial score (nSPS) is 18.9. The number of carbonyl (C=O) groups excluding carboxylic acids is 2. The zero-order chi connectivity index (χ0) is 30.6. The van der Waals surface area contributed by atoms with Gasteiger partial charge in [0.05, 0.1) is 16.7 Å². The average molecular weight is 592 g/mol. The molecular formula is C36H53N3O2S. The minimum Gasteiger partial charge on any atom is -0.358 e. The molecule has 0 atom stereocenters. The van der Waals surface area contributed by atoms with Crippen LogP contribution in [0.5, 0.6) is 0 Å². The molecule has 2 fully saturated rings. The van der Waals surface area contributed by atoms with Crippen LogP contribution in [0.4, 0.5) is 0 Å². The molecule has 0 unspecified atom stereocenters. The fraction of sp³-hybridized carbons (Fsp3) is 0.611. The van der Waals surface area contributed by atoms with E-state index in [1.165, 1.54) is 11.1 Å². The van der Waals surface area contributed by atoms with Crippen molar-refractivity contribution in [2.75, 3.05) is 19.6 Å². The molecule has 230 valence electrons. The standard InChI is InChI=1S/C36H53N3O2S/c1-8-17-38(18-9-2)19-11-10-12-31(40)33-30(26(5)37-34(33)27-21-24(3)20-25(4)22-27)23-32(42)36(6,7)35(41)39-28-13-14-29(39)16-15-28/h20-23,28-29,37,42H,8-19H2,1-7H3/b32-23-. The van der Waals surface area contributed by atoms with Crippen molar-refractivity contribution in [3.8, 4) is 11.3 Å². The zero-order valence-corrected chi connectivity index (χ0v) is 28.0. The van der Waals surface area contributed by atoms with Gasteiger partial charge in [0.25, 0.3) is 0 Å². The van der Waals surface area contributed by atoms with Gasteiger partial charge in [-0.1, -0.05) is 31.0 Å². The molecular weight excluding hydrogens is 538 g/mol. The second kappa shape index (κ2) is 14.0. The number of aryl methyl sites for hydroxylation is 3. The molecule has 2 aliphatic rings.